The van der Waals surface area contributed by atoms with Crippen LogP contribution in [-0.2, 0) is 0 Å². The van der Waals surface area contributed by atoms with Crippen molar-refractivity contribution in [3.05, 3.63) is 34.9 Å². The van der Waals surface area contributed by atoms with Gasteiger partial charge in [0.05, 0.1) is 0 Å². The molecule has 1 unspecified atom stereocenters. The topological polar surface area (TPSA) is 32.5 Å². The molecule has 1 atom stereocenters. The molecule has 3 heteroatoms. The Morgan fingerprint density at radius 3 is 2.40 bits per heavy atom. The van der Waals surface area contributed by atoms with Crippen LogP contribution >= 0.6 is 0 Å². The average Bonchev–Trinajstić information content (AvgIpc) is 2.42. The highest BCUT2D eigenvalue weighted by molar-refractivity contribution is 5.31. The molecule has 3 nitrogen and oxygen atoms in total. The summed E-state index contributed by atoms with van der Waals surface area (Å²) in [5, 5.41) is 0. The Bertz CT molecular complexity index is 434. The van der Waals surface area contributed by atoms with Crippen LogP contribution in [0.3, 0.4) is 0 Å². The van der Waals surface area contributed by atoms with Crippen molar-refractivity contribution in [1.29, 1.82) is 0 Å². The number of aryl methyl sites for hydroxylation is 2. The van der Waals surface area contributed by atoms with Crippen LogP contribution in [0.15, 0.2) is 18.2 Å². The fourth-order valence-corrected chi connectivity index (χ4v) is 3.00. The van der Waals surface area contributed by atoms with Crippen LogP contribution in [0.1, 0.15) is 35.6 Å². The standard InChI is InChI=1S/C17H29N3/c1-13-5-6-15(11-14(13)2)17(18)12-20-9-7-16(8-10-20)19(3)4/h5-6,11,16-17H,7-10,12,18H2,1-4H3. The third-order valence-corrected chi connectivity index (χ3v) is 4.70. The molecule has 0 aliphatic carbocycles. The molecule has 1 aromatic rings. The summed E-state index contributed by atoms with van der Waals surface area (Å²) in [6.07, 6.45) is 2.51. The second-order valence-electron chi connectivity index (χ2n) is 6.45. The summed E-state index contributed by atoms with van der Waals surface area (Å²) in [5.41, 5.74) is 10.3. The lowest BCUT2D eigenvalue weighted by Crippen LogP contribution is -2.44. The molecule has 0 radical (unpaired) electrons. The van der Waals surface area contributed by atoms with Crippen LogP contribution in [0.5, 0.6) is 0 Å². The molecule has 20 heavy (non-hydrogen) atoms. The summed E-state index contributed by atoms with van der Waals surface area (Å²) in [5.74, 6) is 0. The van der Waals surface area contributed by atoms with Crippen LogP contribution in [0.25, 0.3) is 0 Å². The molecule has 1 saturated heterocycles. The van der Waals surface area contributed by atoms with Gasteiger partial charge < -0.3 is 15.5 Å². The normalized spacial score (nSPS) is 19.5. The Labute approximate surface area is 123 Å². The summed E-state index contributed by atoms with van der Waals surface area (Å²) in [6, 6.07) is 7.48. The van der Waals surface area contributed by atoms with Crippen molar-refractivity contribution < 1.29 is 0 Å². The number of hydrogen-bond donors (Lipinski definition) is 1. The van der Waals surface area contributed by atoms with Gasteiger partial charge in [0.25, 0.3) is 0 Å². The molecule has 112 valence electrons. The highest BCUT2D eigenvalue weighted by Gasteiger charge is 2.22. The second kappa shape index (κ2) is 6.70. The molecule has 1 fully saturated rings. The van der Waals surface area contributed by atoms with Crippen molar-refractivity contribution in [2.75, 3.05) is 33.7 Å². The fourth-order valence-electron chi connectivity index (χ4n) is 3.00. The van der Waals surface area contributed by atoms with Crippen LogP contribution in [0.4, 0.5) is 0 Å². The maximum atomic E-state index is 6.39. The molecule has 1 heterocycles. The molecule has 0 bridgehead atoms. The lowest BCUT2D eigenvalue weighted by molar-refractivity contribution is 0.139. The average molecular weight is 275 g/mol. The van der Waals surface area contributed by atoms with Crippen molar-refractivity contribution in [1.82, 2.24) is 9.80 Å². The first-order valence-corrected chi connectivity index (χ1v) is 7.69. The highest BCUT2D eigenvalue weighted by Crippen LogP contribution is 2.19. The van der Waals surface area contributed by atoms with Gasteiger partial charge in [0.15, 0.2) is 0 Å². The number of piperidine rings is 1. The Morgan fingerprint density at radius 1 is 1.20 bits per heavy atom. The first kappa shape index (κ1) is 15.5. The smallest absolute Gasteiger partial charge is 0.0424 e. The molecule has 0 amide bonds. The van der Waals surface area contributed by atoms with Crippen molar-refractivity contribution >= 4 is 0 Å². The van der Waals surface area contributed by atoms with E-state index in [-0.39, 0.29) is 6.04 Å². The van der Waals surface area contributed by atoms with E-state index in [2.05, 4.69) is 55.9 Å². The van der Waals surface area contributed by atoms with Gasteiger partial charge in [-0.25, -0.2) is 0 Å². The van der Waals surface area contributed by atoms with Gasteiger partial charge >= 0.3 is 0 Å². The Morgan fingerprint density at radius 2 is 1.85 bits per heavy atom. The van der Waals surface area contributed by atoms with E-state index in [0.29, 0.717) is 0 Å². The Kier molecular flexibility index (Phi) is 5.19. The zero-order valence-corrected chi connectivity index (χ0v) is 13.4. The first-order valence-electron chi connectivity index (χ1n) is 7.69. The van der Waals surface area contributed by atoms with E-state index in [1.54, 1.807) is 0 Å². The molecule has 0 saturated carbocycles. The van der Waals surface area contributed by atoms with Gasteiger partial charge in [0.2, 0.25) is 0 Å². The molecule has 2 N–H and O–H groups in total. The number of nitrogens with two attached hydrogens (primary N) is 1. The summed E-state index contributed by atoms with van der Waals surface area (Å²) >= 11 is 0. The monoisotopic (exact) mass is 275 g/mol. The van der Waals surface area contributed by atoms with E-state index in [1.165, 1.54) is 42.6 Å². The second-order valence-corrected chi connectivity index (χ2v) is 6.45. The summed E-state index contributed by atoms with van der Waals surface area (Å²) in [4.78, 5) is 4.86. The fraction of sp³-hybridized carbons (Fsp3) is 0.647. The lowest BCUT2D eigenvalue weighted by atomic mass is 9.99. The maximum Gasteiger partial charge on any atom is 0.0424 e. The lowest BCUT2D eigenvalue weighted by Gasteiger charge is -2.36. The quantitative estimate of drug-likeness (QED) is 0.915. The summed E-state index contributed by atoms with van der Waals surface area (Å²) in [6.45, 7) is 7.62. The van der Waals surface area contributed by atoms with Gasteiger partial charge in [-0.15, -0.1) is 0 Å². The summed E-state index contributed by atoms with van der Waals surface area (Å²) in [7, 11) is 4.36. The van der Waals surface area contributed by atoms with Crippen molar-refractivity contribution in [2.24, 2.45) is 5.73 Å². The minimum Gasteiger partial charge on any atom is -0.323 e. The molecule has 1 aliphatic heterocycles. The van der Waals surface area contributed by atoms with Gasteiger partial charge in [-0.2, -0.15) is 0 Å². The third kappa shape index (κ3) is 3.81. The predicted molar refractivity (Wildman–Crippen MR) is 86.0 cm³/mol. The molecular formula is C17H29N3. The van der Waals surface area contributed by atoms with E-state index in [0.717, 1.165) is 12.6 Å². The van der Waals surface area contributed by atoms with E-state index < -0.39 is 0 Å². The van der Waals surface area contributed by atoms with Crippen LogP contribution in [-0.4, -0.2) is 49.6 Å². The summed E-state index contributed by atoms with van der Waals surface area (Å²) < 4.78 is 0. The Balaban J connectivity index is 1.89. The van der Waals surface area contributed by atoms with Crippen molar-refractivity contribution in [3.63, 3.8) is 0 Å². The van der Waals surface area contributed by atoms with Crippen LogP contribution in [0, 0.1) is 13.8 Å². The number of likely N-dealkylation sites (tertiary alicyclic amines) is 1. The molecule has 0 aromatic heterocycles. The molecule has 0 spiro atoms. The van der Waals surface area contributed by atoms with E-state index in [4.69, 9.17) is 5.73 Å². The maximum absolute atomic E-state index is 6.39. The molecule has 1 aromatic carbocycles. The molecular weight excluding hydrogens is 246 g/mol. The zero-order valence-electron chi connectivity index (χ0n) is 13.4. The minimum atomic E-state index is 0.130. The van der Waals surface area contributed by atoms with E-state index in [9.17, 15) is 0 Å². The Hall–Kier alpha value is -0.900. The van der Waals surface area contributed by atoms with Crippen molar-refractivity contribution in [2.45, 2.75) is 38.8 Å². The SMILES string of the molecule is Cc1ccc(C(N)CN2CCC(N(C)C)CC2)cc1C. The van der Waals surface area contributed by atoms with Crippen LogP contribution in [0.2, 0.25) is 0 Å². The van der Waals surface area contributed by atoms with E-state index in [1.807, 2.05) is 0 Å². The number of rotatable bonds is 4. The van der Waals surface area contributed by atoms with Crippen LogP contribution < -0.4 is 5.73 Å². The van der Waals surface area contributed by atoms with E-state index >= 15 is 0 Å². The third-order valence-electron chi connectivity index (χ3n) is 4.70. The highest BCUT2D eigenvalue weighted by atomic mass is 15.2. The largest absolute Gasteiger partial charge is 0.323 e. The first-order chi connectivity index (χ1) is 9.47. The zero-order chi connectivity index (χ0) is 14.7. The van der Waals surface area contributed by atoms with Gasteiger partial charge in [-0.05, 0) is 70.6 Å². The molecule has 1 aliphatic rings. The van der Waals surface area contributed by atoms with Gasteiger partial charge in [-0.1, -0.05) is 18.2 Å². The number of benzene rings is 1. The molecule has 2 rings (SSSR count). The van der Waals surface area contributed by atoms with Gasteiger partial charge in [0.1, 0.15) is 0 Å². The van der Waals surface area contributed by atoms with Gasteiger partial charge in [0, 0.05) is 18.6 Å². The predicted octanol–water partition coefficient (Wildman–Crippen LogP) is 2.33. The minimum absolute atomic E-state index is 0.130. The number of hydrogen-bond acceptors (Lipinski definition) is 3. The van der Waals surface area contributed by atoms with Gasteiger partial charge in [-0.3, -0.25) is 0 Å². The van der Waals surface area contributed by atoms with Crippen molar-refractivity contribution in [3.8, 4) is 0 Å². The number of nitrogens with zero attached hydrogens (tertiary/aromatic N) is 2.